The van der Waals surface area contributed by atoms with E-state index in [4.69, 9.17) is 23.2 Å². The van der Waals surface area contributed by atoms with Gasteiger partial charge in [0.25, 0.3) is 0 Å². The fourth-order valence-corrected chi connectivity index (χ4v) is 3.13. The van der Waals surface area contributed by atoms with Crippen molar-refractivity contribution < 1.29 is 8.42 Å². The molecule has 0 aliphatic rings. The van der Waals surface area contributed by atoms with Crippen LogP contribution in [0.4, 0.5) is 5.82 Å². The van der Waals surface area contributed by atoms with E-state index in [0.29, 0.717) is 47.9 Å². The quantitative estimate of drug-likeness (QED) is 0.328. The molecule has 1 heterocycles. The van der Waals surface area contributed by atoms with Gasteiger partial charge in [0.2, 0.25) is 0 Å². The molecule has 1 rings (SSSR count). The lowest BCUT2D eigenvalue weighted by molar-refractivity contribution is 0.581. The summed E-state index contributed by atoms with van der Waals surface area (Å²) in [5.74, 6) is 1.34. The number of sulfone groups is 1. The first-order chi connectivity index (χ1) is 11.7. The molecule has 0 aromatic carbocycles. The second kappa shape index (κ2) is 10.7. The summed E-state index contributed by atoms with van der Waals surface area (Å²) in [4.78, 5) is 8.56. The largest absolute Gasteiger partial charge is 0.367 e. The summed E-state index contributed by atoms with van der Waals surface area (Å²) in [5, 5.41) is 10.4. The van der Waals surface area contributed by atoms with E-state index < -0.39 is 9.84 Å². The first kappa shape index (κ1) is 21.8. The third-order valence-corrected chi connectivity index (χ3v) is 4.60. The van der Waals surface area contributed by atoms with Crippen molar-refractivity contribution in [3.63, 3.8) is 0 Å². The Bertz CT molecular complexity index is 682. The molecule has 1 aromatic heterocycles. The summed E-state index contributed by atoms with van der Waals surface area (Å²) in [5.41, 5.74) is 0. The average Bonchev–Trinajstić information content (AvgIpc) is 2.50. The maximum Gasteiger partial charge on any atom is 0.191 e. The molecule has 10 heteroatoms. The maximum atomic E-state index is 11.2. The van der Waals surface area contributed by atoms with Crippen LogP contribution in [-0.4, -0.2) is 57.0 Å². The van der Waals surface area contributed by atoms with E-state index in [0.717, 1.165) is 0 Å². The number of nitrogens with one attached hydrogen (secondary N) is 3. The zero-order valence-electron chi connectivity index (χ0n) is 14.6. The molecule has 142 valence electrons. The molecule has 0 saturated heterocycles. The van der Waals surface area contributed by atoms with Crippen molar-refractivity contribution in [2.75, 3.05) is 37.0 Å². The molecular weight excluding hydrogens is 385 g/mol. The zero-order chi connectivity index (χ0) is 18.9. The van der Waals surface area contributed by atoms with Gasteiger partial charge in [-0.15, -0.1) is 0 Å². The Morgan fingerprint density at radius 3 is 2.72 bits per heavy atom. The number of anilines is 1. The van der Waals surface area contributed by atoms with Crippen LogP contribution in [0.3, 0.4) is 0 Å². The predicted molar refractivity (Wildman–Crippen MR) is 106 cm³/mol. The first-order valence-electron chi connectivity index (χ1n) is 7.98. The standard InChI is InChI=1S/C15H25Cl2N5O2S/c1-4-18-15(22-11(2)5-8-25(3,23)24)20-7-6-19-14-13(17)9-12(16)10-21-14/h9-11H,4-8H2,1-3H3,(H,19,21)(H2,18,20,22). The van der Waals surface area contributed by atoms with Gasteiger partial charge in [0, 0.05) is 31.6 Å². The van der Waals surface area contributed by atoms with E-state index >= 15 is 0 Å². The molecule has 1 atom stereocenters. The topological polar surface area (TPSA) is 95.5 Å². The van der Waals surface area contributed by atoms with Crippen LogP contribution in [0.5, 0.6) is 0 Å². The van der Waals surface area contributed by atoms with Crippen molar-refractivity contribution in [3.8, 4) is 0 Å². The average molecular weight is 410 g/mol. The van der Waals surface area contributed by atoms with Crippen molar-refractivity contribution in [3.05, 3.63) is 22.3 Å². The molecule has 25 heavy (non-hydrogen) atoms. The lowest BCUT2D eigenvalue weighted by Crippen LogP contribution is -2.43. The van der Waals surface area contributed by atoms with Gasteiger partial charge in [-0.1, -0.05) is 23.2 Å². The summed E-state index contributed by atoms with van der Waals surface area (Å²) in [6, 6.07) is 1.62. The summed E-state index contributed by atoms with van der Waals surface area (Å²) in [7, 11) is -2.97. The predicted octanol–water partition coefficient (Wildman–Crippen LogP) is 2.18. The van der Waals surface area contributed by atoms with Crippen LogP contribution in [-0.2, 0) is 9.84 Å². The SMILES string of the molecule is CCNC(=NCCNc1ncc(Cl)cc1Cl)NC(C)CCS(C)(=O)=O. The van der Waals surface area contributed by atoms with Gasteiger partial charge in [0.05, 0.1) is 22.3 Å². The van der Waals surface area contributed by atoms with E-state index in [1.807, 2.05) is 13.8 Å². The number of guanidine groups is 1. The van der Waals surface area contributed by atoms with Gasteiger partial charge in [0.15, 0.2) is 5.96 Å². The van der Waals surface area contributed by atoms with Crippen molar-refractivity contribution in [1.82, 2.24) is 15.6 Å². The van der Waals surface area contributed by atoms with Crippen LogP contribution in [0.2, 0.25) is 10.0 Å². The Labute approximate surface area is 159 Å². The van der Waals surface area contributed by atoms with Crippen molar-refractivity contribution in [2.45, 2.75) is 26.3 Å². The molecule has 3 N–H and O–H groups in total. The number of aromatic nitrogens is 1. The summed E-state index contributed by atoms with van der Waals surface area (Å²) >= 11 is 11.8. The van der Waals surface area contributed by atoms with Crippen molar-refractivity contribution >= 4 is 44.8 Å². The third kappa shape index (κ3) is 9.72. The highest BCUT2D eigenvalue weighted by atomic mass is 35.5. The Kier molecular flexibility index (Phi) is 9.31. The summed E-state index contributed by atoms with van der Waals surface area (Å²) in [6.45, 7) is 5.64. The molecule has 7 nitrogen and oxygen atoms in total. The molecule has 0 aliphatic carbocycles. The fourth-order valence-electron chi connectivity index (χ4n) is 1.90. The zero-order valence-corrected chi connectivity index (χ0v) is 17.0. The smallest absolute Gasteiger partial charge is 0.191 e. The lowest BCUT2D eigenvalue weighted by Gasteiger charge is -2.17. The number of hydrogen-bond donors (Lipinski definition) is 3. The molecule has 0 saturated carbocycles. The molecule has 0 radical (unpaired) electrons. The van der Waals surface area contributed by atoms with Gasteiger partial charge in [-0.2, -0.15) is 0 Å². The highest BCUT2D eigenvalue weighted by Crippen LogP contribution is 2.22. The molecule has 0 fully saturated rings. The van der Waals surface area contributed by atoms with E-state index in [9.17, 15) is 8.42 Å². The van der Waals surface area contributed by atoms with Crippen LogP contribution in [0.25, 0.3) is 0 Å². The normalized spacial score (nSPS) is 13.4. The van der Waals surface area contributed by atoms with E-state index in [1.54, 1.807) is 6.07 Å². The monoisotopic (exact) mass is 409 g/mol. The Morgan fingerprint density at radius 2 is 2.12 bits per heavy atom. The second-order valence-corrected chi connectivity index (χ2v) is 8.74. The number of rotatable bonds is 9. The molecule has 0 aliphatic heterocycles. The highest BCUT2D eigenvalue weighted by molar-refractivity contribution is 7.90. The van der Waals surface area contributed by atoms with Gasteiger partial charge in [0.1, 0.15) is 15.7 Å². The van der Waals surface area contributed by atoms with Crippen LogP contribution < -0.4 is 16.0 Å². The van der Waals surface area contributed by atoms with Crippen LogP contribution in [0, 0.1) is 0 Å². The second-order valence-electron chi connectivity index (χ2n) is 5.64. The van der Waals surface area contributed by atoms with E-state index in [2.05, 4.69) is 25.9 Å². The van der Waals surface area contributed by atoms with Gasteiger partial charge < -0.3 is 16.0 Å². The number of halogens is 2. The Balaban J connectivity index is 2.49. The van der Waals surface area contributed by atoms with E-state index in [1.165, 1.54) is 12.5 Å². The molecule has 1 aromatic rings. The number of hydrogen-bond acceptors (Lipinski definition) is 5. The lowest BCUT2D eigenvalue weighted by atomic mass is 10.3. The van der Waals surface area contributed by atoms with Crippen LogP contribution >= 0.6 is 23.2 Å². The van der Waals surface area contributed by atoms with Gasteiger partial charge in [-0.25, -0.2) is 13.4 Å². The Hall–Kier alpha value is -1.25. The molecule has 0 amide bonds. The van der Waals surface area contributed by atoms with Crippen molar-refractivity contribution in [1.29, 1.82) is 0 Å². The minimum atomic E-state index is -2.97. The molecular formula is C15H25Cl2N5O2S. The van der Waals surface area contributed by atoms with E-state index in [-0.39, 0.29) is 11.8 Å². The van der Waals surface area contributed by atoms with Gasteiger partial charge in [-0.05, 0) is 26.3 Å². The van der Waals surface area contributed by atoms with Crippen LogP contribution in [0.1, 0.15) is 20.3 Å². The minimum absolute atomic E-state index is 0.00661. The molecule has 0 spiro atoms. The minimum Gasteiger partial charge on any atom is -0.367 e. The first-order valence-corrected chi connectivity index (χ1v) is 10.8. The van der Waals surface area contributed by atoms with Crippen LogP contribution in [0.15, 0.2) is 17.3 Å². The third-order valence-electron chi connectivity index (χ3n) is 3.13. The molecule has 0 bridgehead atoms. The van der Waals surface area contributed by atoms with Crippen molar-refractivity contribution in [2.24, 2.45) is 4.99 Å². The highest BCUT2D eigenvalue weighted by Gasteiger charge is 2.09. The number of aliphatic imine (C=N–C) groups is 1. The number of nitrogens with zero attached hydrogens (tertiary/aromatic N) is 2. The number of pyridine rings is 1. The summed E-state index contributed by atoms with van der Waals surface area (Å²) < 4.78 is 22.5. The molecule has 1 unspecified atom stereocenters. The fraction of sp³-hybridized carbons (Fsp3) is 0.600. The maximum absolute atomic E-state index is 11.2. The summed E-state index contributed by atoms with van der Waals surface area (Å²) in [6.07, 6.45) is 3.28. The van der Waals surface area contributed by atoms with Gasteiger partial charge >= 0.3 is 0 Å². The van der Waals surface area contributed by atoms with Gasteiger partial charge in [-0.3, -0.25) is 4.99 Å². The Morgan fingerprint density at radius 1 is 1.40 bits per heavy atom.